The van der Waals surface area contributed by atoms with E-state index in [0.717, 1.165) is 11.5 Å². The third-order valence-corrected chi connectivity index (χ3v) is 4.57. The lowest BCUT2D eigenvalue weighted by Crippen LogP contribution is -2.46. The molecule has 1 aliphatic heterocycles. The third-order valence-electron chi connectivity index (χ3n) is 4.57. The van der Waals surface area contributed by atoms with Crippen molar-refractivity contribution in [3.8, 4) is 0 Å². The summed E-state index contributed by atoms with van der Waals surface area (Å²) in [6.07, 6.45) is -4.58. The van der Waals surface area contributed by atoms with Crippen LogP contribution in [0.2, 0.25) is 0 Å². The molecule has 1 aliphatic rings. The Morgan fingerprint density at radius 1 is 1.07 bits per heavy atom. The molecule has 0 bridgehead atoms. The van der Waals surface area contributed by atoms with Crippen LogP contribution in [0.5, 0.6) is 0 Å². The van der Waals surface area contributed by atoms with Gasteiger partial charge in [0.1, 0.15) is 11.6 Å². The number of aryl methyl sites for hydroxylation is 1. The fourth-order valence-corrected chi connectivity index (χ4v) is 3.27. The van der Waals surface area contributed by atoms with Gasteiger partial charge in [0.15, 0.2) is 0 Å². The molecular weight excluding hydrogens is 359 g/mol. The number of para-hydroxylation sites is 1. The average Bonchev–Trinajstić information content (AvgIpc) is 3.05. The van der Waals surface area contributed by atoms with E-state index in [1.807, 2.05) is 17.9 Å². The topological polar surface area (TPSA) is 58.3 Å². The maximum Gasteiger partial charge on any atom is 0.451 e. The van der Waals surface area contributed by atoms with Crippen molar-refractivity contribution >= 4 is 16.7 Å². The van der Waals surface area contributed by atoms with Gasteiger partial charge in [-0.25, -0.2) is 9.97 Å². The minimum atomic E-state index is -4.58. The molecule has 3 aromatic rings. The van der Waals surface area contributed by atoms with Gasteiger partial charge < -0.3 is 9.42 Å². The Balaban J connectivity index is 1.56. The van der Waals surface area contributed by atoms with Crippen LogP contribution in [0.25, 0.3) is 10.9 Å². The third kappa shape index (κ3) is 3.73. The zero-order valence-electron chi connectivity index (χ0n) is 14.7. The van der Waals surface area contributed by atoms with Gasteiger partial charge in [-0.2, -0.15) is 13.2 Å². The van der Waals surface area contributed by atoms with Crippen LogP contribution in [0.3, 0.4) is 0 Å². The number of piperazine rings is 1. The minimum absolute atomic E-state index is 0.301. The fourth-order valence-electron chi connectivity index (χ4n) is 3.27. The van der Waals surface area contributed by atoms with Crippen LogP contribution in [0.1, 0.15) is 17.3 Å². The monoisotopic (exact) mass is 377 g/mol. The van der Waals surface area contributed by atoms with Gasteiger partial charge >= 0.3 is 6.18 Å². The Hall–Kier alpha value is -2.68. The Morgan fingerprint density at radius 2 is 1.81 bits per heavy atom. The highest BCUT2D eigenvalue weighted by Crippen LogP contribution is 2.32. The van der Waals surface area contributed by atoms with Gasteiger partial charge in [0.25, 0.3) is 0 Å². The summed E-state index contributed by atoms with van der Waals surface area (Å²) >= 11 is 0. The molecule has 142 valence electrons. The summed E-state index contributed by atoms with van der Waals surface area (Å²) in [6, 6.07) is 8.69. The van der Waals surface area contributed by atoms with Gasteiger partial charge in [-0.3, -0.25) is 4.90 Å². The van der Waals surface area contributed by atoms with Gasteiger partial charge in [0.05, 0.1) is 11.2 Å². The number of alkyl halides is 3. The second-order valence-corrected chi connectivity index (χ2v) is 6.58. The van der Waals surface area contributed by atoms with Crippen molar-refractivity contribution in [3.63, 3.8) is 0 Å². The van der Waals surface area contributed by atoms with E-state index in [4.69, 9.17) is 4.52 Å². The molecule has 1 saturated heterocycles. The molecule has 27 heavy (non-hydrogen) atoms. The van der Waals surface area contributed by atoms with Crippen LogP contribution in [-0.4, -0.2) is 46.2 Å². The number of hydrogen-bond donors (Lipinski definition) is 0. The van der Waals surface area contributed by atoms with E-state index in [2.05, 4.69) is 20.0 Å². The van der Waals surface area contributed by atoms with Crippen LogP contribution in [0, 0.1) is 6.92 Å². The molecule has 0 amide bonds. The Morgan fingerprint density at radius 3 is 2.48 bits per heavy atom. The van der Waals surface area contributed by atoms with Crippen molar-refractivity contribution in [2.24, 2.45) is 0 Å². The number of anilines is 1. The summed E-state index contributed by atoms with van der Waals surface area (Å²) in [6.45, 7) is 5.05. The van der Waals surface area contributed by atoms with Crippen molar-refractivity contribution in [2.75, 3.05) is 31.1 Å². The van der Waals surface area contributed by atoms with Gasteiger partial charge in [-0.15, -0.1) is 0 Å². The van der Waals surface area contributed by atoms with E-state index in [0.29, 0.717) is 49.4 Å². The zero-order chi connectivity index (χ0) is 19.0. The smallest absolute Gasteiger partial charge is 0.361 e. The Labute approximate surface area is 153 Å². The molecule has 0 unspecified atom stereocenters. The normalized spacial score (nSPS) is 16.2. The molecule has 2 aromatic heterocycles. The maximum atomic E-state index is 13.2. The molecule has 6 nitrogen and oxygen atoms in total. The Bertz CT molecular complexity index is 948. The van der Waals surface area contributed by atoms with Crippen LogP contribution >= 0.6 is 0 Å². The lowest BCUT2D eigenvalue weighted by atomic mass is 10.2. The van der Waals surface area contributed by atoms with E-state index in [1.165, 1.54) is 0 Å². The SMILES string of the molecule is Cc1cc(CN2CCN(c3nc(C(F)(F)F)nc4ccccc34)CC2)no1. The molecule has 0 aliphatic carbocycles. The number of rotatable bonds is 3. The summed E-state index contributed by atoms with van der Waals surface area (Å²) in [5.74, 6) is -0.00247. The van der Waals surface area contributed by atoms with Gasteiger partial charge in [-0.1, -0.05) is 17.3 Å². The van der Waals surface area contributed by atoms with Gasteiger partial charge in [-0.05, 0) is 19.1 Å². The minimum Gasteiger partial charge on any atom is -0.361 e. The van der Waals surface area contributed by atoms with E-state index in [9.17, 15) is 13.2 Å². The number of fused-ring (bicyclic) bond motifs is 1. The molecule has 0 saturated carbocycles. The summed E-state index contributed by atoms with van der Waals surface area (Å²) in [5.41, 5.74) is 1.16. The van der Waals surface area contributed by atoms with Gasteiger partial charge in [0.2, 0.25) is 5.82 Å². The lowest BCUT2D eigenvalue weighted by Gasteiger charge is -2.35. The molecule has 3 heterocycles. The van der Waals surface area contributed by atoms with Gasteiger partial charge in [0, 0.05) is 44.2 Å². The predicted octanol–water partition coefficient (Wildman–Crippen LogP) is 3.27. The predicted molar refractivity (Wildman–Crippen MR) is 93.3 cm³/mol. The summed E-state index contributed by atoms with van der Waals surface area (Å²) in [7, 11) is 0. The molecule has 0 atom stereocenters. The first kappa shape index (κ1) is 17.7. The van der Waals surface area contributed by atoms with Crippen LogP contribution < -0.4 is 4.90 Å². The first-order valence-electron chi connectivity index (χ1n) is 8.63. The lowest BCUT2D eigenvalue weighted by molar-refractivity contribution is -0.144. The van der Waals surface area contributed by atoms with Crippen molar-refractivity contribution in [1.29, 1.82) is 0 Å². The molecule has 0 spiro atoms. The quantitative estimate of drug-likeness (QED) is 0.698. The number of nitrogens with zero attached hydrogens (tertiary/aromatic N) is 5. The van der Waals surface area contributed by atoms with E-state index in [-0.39, 0.29) is 0 Å². The van der Waals surface area contributed by atoms with Crippen LogP contribution in [0.4, 0.5) is 19.0 Å². The first-order chi connectivity index (χ1) is 12.9. The van der Waals surface area contributed by atoms with Crippen LogP contribution in [-0.2, 0) is 12.7 Å². The fraction of sp³-hybridized carbons (Fsp3) is 0.389. The molecular formula is C18H18F3N5O. The average molecular weight is 377 g/mol. The van der Waals surface area contributed by atoms with Crippen LogP contribution in [0.15, 0.2) is 34.9 Å². The molecule has 1 aromatic carbocycles. The molecule has 1 fully saturated rings. The van der Waals surface area contributed by atoms with Crippen molar-refractivity contribution < 1.29 is 17.7 Å². The first-order valence-corrected chi connectivity index (χ1v) is 8.63. The van der Waals surface area contributed by atoms with Crippen molar-refractivity contribution in [1.82, 2.24) is 20.0 Å². The molecule has 0 radical (unpaired) electrons. The largest absolute Gasteiger partial charge is 0.451 e. The molecule has 4 rings (SSSR count). The highest BCUT2D eigenvalue weighted by molar-refractivity contribution is 5.89. The number of aromatic nitrogens is 3. The Kier molecular flexibility index (Phi) is 4.47. The summed E-state index contributed by atoms with van der Waals surface area (Å²) in [5, 5.41) is 4.62. The van der Waals surface area contributed by atoms with Crippen molar-refractivity contribution in [2.45, 2.75) is 19.6 Å². The highest BCUT2D eigenvalue weighted by atomic mass is 19.4. The van der Waals surface area contributed by atoms with E-state index < -0.39 is 12.0 Å². The number of hydrogen-bond acceptors (Lipinski definition) is 6. The summed E-state index contributed by atoms with van der Waals surface area (Å²) < 4.78 is 44.7. The molecule has 9 heteroatoms. The second kappa shape index (κ2) is 6.80. The van der Waals surface area contributed by atoms with E-state index >= 15 is 0 Å². The highest BCUT2D eigenvalue weighted by Gasteiger charge is 2.36. The zero-order valence-corrected chi connectivity index (χ0v) is 14.7. The number of benzene rings is 1. The maximum absolute atomic E-state index is 13.2. The molecule has 0 N–H and O–H groups in total. The van der Waals surface area contributed by atoms with E-state index in [1.54, 1.807) is 24.3 Å². The summed E-state index contributed by atoms with van der Waals surface area (Å²) in [4.78, 5) is 11.6. The second-order valence-electron chi connectivity index (χ2n) is 6.58. The standard InChI is InChI=1S/C18H18F3N5O/c1-12-10-13(24-27-12)11-25-6-8-26(9-7-25)16-14-4-2-3-5-15(14)22-17(23-16)18(19,20)21/h2-5,10H,6-9,11H2,1H3. The van der Waals surface area contributed by atoms with Crippen molar-refractivity contribution in [3.05, 3.63) is 47.6 Å². The number of halogens is 3.